The van der Waals surface area contributed by atoms with Crippen molar-refractivity contribution in [1.82, 2.24) is 5.43 Å². The fraction of sp³-hybridized carbons (Fsp3) is 0.538. The van der Waals surface area contributed by atoms with Gasteiger partial charge < -0.3 is 14.2 Å². The number of halogens is 1. The van der Waals surface area contributed by atoms with Crippen molar-refractivity contribution in [2.45, 2.75) is 18.6 Å². The molecule has 1 heterocycles. The Labute approximate surface area is 121 Å². The molecule has 1 aliphatic rings. The molecular weight excluding hydrogens is 312 g/mol. The fourth-order valence-corrected chi connectivity index (χ4v) is 2.59. The largest absolute Gasteiger partial charge is 0.496 e. The molecule has 19 heavy (non-hydrogen) atoms. The first-order valence-electron chi connectivity index (χ1n) is 6.22. The zero-order valence-corrected chi connectivity index (χ0v) is 12.5. The number of rotatable bonds is 5. The van der Waals surface area contributed by atoms with Crippen LogP contribution in [0.1, 0.15) is 5.56 Å². The molecule has 6 heteroatoms. The molecule has 3 N–H and O–H groups in total. The van der Waals surface area contributed by atoms with Crippen LogP contribution < -0.4 is 16.0 Å². The summed E-state index contributed by atoms with van der Waals surface area (Å²) >= 11 is 3.47. The smallest absolute Gasteiger partial charge is 0.122 e. The average molecular weight is 331 g/mol. The van der Waals surface area contributed by atoms with Gasteiger partial charge in [-0.1, -0.05) is 15.9 Å². The van der Waals surface area contributed by atoms with Crippen LogP contribution in [0.25, 0.3) is 0 Å². The van der Waals surface area contributed by atoms with Crippen molar-refractivity contribution in [2.75, 3.05) is 26.9 Å². The Balaban J connectivity index is 2.10. The Bertz CT molecular complexity index is 411. The summed E-state index contributed by atoms with van der Waals surface area (Å²) in [7, 11) is 1.66. The van der Waals surface area contributed by atoms with Crippen LogP contribution in [0.5, 0.6) is 5.75 Å². The van der Waals surface area contributed by atoms with Crippen molar-refractivity contribution < 1.29 is 14.2 Å². The monoisotopic (exact) mass is 330 g/mol. The number of hydrogen-bond acceptors (Lipinski definition) is 5. The summed E-state index contributed by atoms with van der Waals surface area (Å²) in [6, 6.07) is 5.91. The van der Waals surface area contributed by atoms with Gasteiger partial charge in [0.1, 0.15) is 5.75 Å². The fourth-order valence-electron chi connectivity index (χ4n) is 2.18. The van der Waals surface area contributed by atoms with E-state index in [1.54, 1.807) is 7.11 Å². The van der Waals surface area contributed by atoms with Crippen LogP contribution in [-0.4, -0.2) is 39.1 Å². The number of hydrogen-bond donors (Lipinski definition) is 2. The van der Waals surface area contributed by atoms with Gasteiger partial charge in [-0.05, 0) is 30.2 Å². The Morgan fingerprint density at radius 3 is 3.00 bits per heavy atom. The van der Waals surface area contributed by atoms with Crippen molar-refractivity contribution in [1.29, 1.82) is 0 Å². The number of benzene rings is 1. The van der Waals surface area contributed by atoms with Gasteiger partial charge in [0, 0.05) is 4.47 Å². The highest BCUT2D eigenvalue weighted by atomic mass is 79.9. The molecule has 2 rings (SSSR count). The van der Waals surface area contributed by atoms with Gasteiger partial charge >= 0.3 is 0 Å². The lowest BCUT2D eigenvalue weighted by atomic mass is 10.0. The van der Waals surface area contributed by atoms with Crippen LogP contribution in [0.15, 0.2) is 22.7 Å². The van der Waals surface area contributed by atoms with Crippen molar-refractivity contribution in [2.24, 2.45) is 5.84 Å². The van der Waals surface area contributed by atoms with E-state index < -0.39 is 0 Å². The lowest BCUT2D eigenvalue weighted by Crippen LogP contribution is -2.50. The highest BCUT2D eigenvalue weighted by molar-refractivity contribution is 9.10. The van der Waals surface area contributed by atoms with Gasteiger partial charge in [-0.15, -0.1) is 0 Å². The average Bonchev–Trinajstić information content (AvgIpc) is 2.46. The molecule has 1 aliphatic heterocycles. The summed E-state index contributed by atoms with van der Waals surface area (Å²) in [5, 5.41) is 0. The summed E-state index contributed by atoms with van der Waals surface area (Å²) in [6.45, 7) is 1.82. The molecule has 2 unspecified atom stereocenters. The maximum absolute atomic E-state index is 5.69. The lowest BCUT2D eigenvalue weighted by molar-refractivity contribution is -0.101. The second kappa shape index (κ2) is 7.21. The van der Waals surface area contributed by atoms with Crippen molar-refractivity contribution in [3.05, 3.63) is 28.2 Å². The molecule has 5 nitrogen and oxygen atoms in total. The second-order valence-electron chi connectivity index (χ2n) is 4.42. The molecule has 106 valence electrons. The first-order valence-corrected chi connectivity index (χ1v) is 7.01. The van der Waals surface area contributed by atoms with E-state index in [2.05, 4.69) is 21.4 Å². The third-order valence-electron chi connectivity index (χ3n) is 3.19. The first kappa shape index (κ1) is 14.7. The van der Waals surface area contributed by atoms with E-state index in [-0.39, 0.29) is 12.1 Å². The van der Waals surface area contributed by atoms with E-state index in [0.717, 1.165) is 15.8 Å². The summed E-state index contributed by atoms with van der Waals surface area (Å²) in [5.74, 6) is 6.49. The number of nitrogens with one attached hydrogen (secondary N) is 1. The summed E-state index contributed by atoms with van der Waals surface area (Å²) in [6.07, 6.45) is 0.676. The van der Waals surface area contributed by atoms with Gasteiger partial charge in [-0.2, -0.15) is 0 Å². The van der Waals surface area contributed by atoms with E-state index in [1.165, 1.54) is 0 Å². The maximum atomic E-state index is 5.69. The van der Waals surface area contributed by atoms with Crippen LogP contribution in [0.2, 0.25) is 0 Å². The molecular formula is C13H19BrN2O3. The van der Waals surface area contributed by atoms with E-state index in [0.29, 0.717) is 26.2 Å². The predicted molar refractivity (Wildman–Crippen MR) is 76.1 cm³/mol. The third-order valence-corrected chi connectivity index (χ3v) is 3.68. The van der Waals surface area contributed by atoms with Gasteiger partial charge in [0.15, 0.2) is 0 Å². The second-order valence-corrected chi connectivity index (χ2v) is 5.33. The molecule has 0 radical (unpaired) electrons. The molecule has 1 aromatic carbocycles. The standard InChI is InChI=1S/C13H19BrN2O3/c1-17-12-3-2-10(14)6-9(12)7-11(16-15)13-8-18-4-5-19-13/h2-3,6,11,13,16H,4-5,7-8,15H2,1H3. The van der Waals surface area contributed by atoms with Gasteiger partial charge in [-0.25, -0.2) is 0 Å². The molecule has 2 atom stereocenters. The van der Waals surface area contributed by atoms with Gasteiger partial charge in [0.2, 0.25) is 0 Å². The minimum absolute atomic E-state index is 0.0106. The van der Waals surface area contributed by atoms with Crippen molar-refractivity contribution >= 4 is 15.9 Å². The van der Waals surface area contributed by atoms with E-state index in [4.69, 9.17) is 20.1 Å². The van der Waals surface area contributed by atoms with Gasteiger partial charge in [0.05, 0.1) is 39.1 Å². The van der Waals surface area contributed by atoms with E-state index in [1.807, 2.05) is 18.2 Å². The number of hydrazine groups is 1. The maximum Gasteiger partial charge on any atom is 0.122 e. The van der Waals surface area contributed by atoms with Gasteiger partial charge in [-0.3, -0.25) is 11.3 Å². The summed E-state index contributed by atoms with van der Waals surface area (Å²) < 4.78 is 17.5. The quantitative estimate of drug-likeness (QED) is 0.628. The molecule has 0 bridgehead atoms. The lowest BCUT2D eigenvalue weighted by Gasteiger charge is -2.30. The zero-order chi connectivity index (χ0) is 13.7. The first-order chi connectivity index (χ1) is 9.24. The molecule has 1 fully saturated rings. The summed E-state index contributed by atoms with van der Waals surface area (Å²) in [5.41, 5.74) is 3.89. The molecule has 0 amide bonds. The molecule has 0 aliphatic carbocycles. The molecule has 0 saturated carbocycles. The molecule has 1 saturated heterocycles. The molecule has 0 aromatic heterocycles. The topological polar surface area (TPSA) is 65.7 Å². The minimum Gasteiger partial charge on any atom is -0.496 e. The molecule has 1 aromatic rings. The Morgan fingerprint density at radius 2 is 2.37 bits per heavy atom. The number of ether oxygens (including phenoxy) is 3. The Morgan fingerprint density at radius 1 is 1.53 bits per heavy atom. The predicted octanol–water partition coefficient (Wildman–Crippen LogP) is 1.25. The minimum atomic E-state index is -0.0394. The normalized spacial score (nSPS) is 21.1. The zero-order valence-electron chi connectivity index (χ0n) is 10.9. The van der Waals surface area contributed by atoms with Gasteiger partial charge in [0.25, 0.3) is 0 Å². The van der Waals surface area contributed by atoms with Crippen LogP contribution in [0, 0.1) is 0 Å². The number of nitrogens with two attached hydrogens (primary N) is 1. The van der Waals surface area contributed by atoms with Crippen LogP contribution in [-0.2, 0) is 15.9 Å². The highest BCUT2D eigenvalue weighted by Gasteiger charge is 2.25. The number of methoxy groups -OCH3 is 1. The van der Waals surface area contributed by atoms with Crippen molar-refractivity contribution in [3.63, 3.8) is 0 Å². The highest BCUT2D eigenvalue weighted by Crippen LogP contribution is 2.25. The van der Waals surface area contributed by atoms with Crippen molar-refractivity contribution in [3.8, 4) is 5.75 Å². The Hall–Kier alpha value is -0.660. The van der Waals surface area contributed by atoms with Crippen LogP contribution in [0.4, 0.5) is 0 Å². The third kappa shape index (κ3) is 3.90. The SMILES string of the molecule is COc1ccc(Br)cc1CC(NN)C1COCCO1. The van der Waals surface area contributed by atoms with E-state index in [9.17, 15) is 0 Å². The summed E-state index contributed by atoms with van der Waals surface area (Å²) in [4.78, 5) is 0. The molecule has 0 spiro atoms. The van der Waals surface area contributed by atoms with Crippen LogP contribution >= 0.6 is 15.9 Å². The Kier molecular flexibility index (Phi) is 5.59. The van der Waals surface area contributed by atoms with Crippen LogP contribution in [0.3, 0.4) is 0 Å². The van der Waals surface area contributed by atoms with E-state index >= 15 is 0 Å².